The van der Waals surface area contributed by atoms with E-state index >= 15 is 0 Å². The van der Waals surface area contributed by atoms with Gasteiger partial charge in [0.25, 0.3) is 0 Å². The smallest absolute Gasteiger partial charge is 0.212 e. The molecule has 0 N–H and O–H groups in total. The maximum absolute atomic E-state index is 5.06. The number of ether oxygens (including phenoxy) is 1. The van der Waals surface area contributed by atoms with Crippen LogP contribution in [0.5, 0.6) is 5.88 Å². The van der Waals surface area contributed by atoms with Gasteiger partial charge in [-0.25, -0.2) is 14.6 Å². The first kappa shape index (κ1) is 12.3. The molecule has 0 aliphatic rings. The fourth-order valence-corrected chi connectivity index (χ4v) is 1.95. The average molecular weight is 266 g/mol. The van der Waals surface area contributed by atoms with Crippen molar-refractivity contribution in [3.8, 4) is 23.0 Å². The van der Waals surface area contributed by atoms with Crippen molar-refractivity contribution in [3.63, 3.8) is 0 Å². The van der Waals surface area contributed by atoms with E-state index in [1.807, 2.05) is 36.4 Å². The Morgan fingerprint density at radius 1 is 1.00 bits per heavy atom. The maximum Gasteiger partial charge on any atom is 0.212 e. The molecule has 0 atom stereocenters. The van der Waals surface area contributed by atoms with E-state index in [9.17, 15) is 0 Å². The number of hydrogen-bond donors (Lipinski definition) is 0. The molecule has 5 nitrogen and oxygen atoms in total. The van der Waals surface area contributed by atoms with Crippen LogP contribution in [0, 0.1) is 6.92 Å². The van der Waals surface area contributed by atoms with Gasteiger partial charge in [0.1, 0.15) is 6.33 Å². The molecular weight excluding hydrogens is 252 g/mol. The topological polar surface area (TPSA) is 52.8 Å². The van der Waals surface area contributed by atoms with Gasteiger partial charge in [-0.15, -0.1) is 0 Å². The zero-order valence-corrected chi connectivity index (χ0v) is 11.3. The van der Waals surface area contributed by atoms with Crippen LogP contribution in [0.1, 0.15) is 5.56 Å². The second-order valence-electron chi connectivity index (χ2n) is 4.42. The lowest BCUT2D eigenvalue weighted by molar-refractivity contribution is 0.398. The molecule has 0 spiro atoms. The van der Waals surface area contributed by atoms with Gasteiger partial charge >= 0.3 is 0 Å². The van der Waals surface area contributed by atoms with Gasteiger partial charge in [-0.2, -0.15) is 5.10 Å². The number of benzene rings is 1. The third-order valence-electron chi connectivity index (χ3n) is 3.03. The van der Waals surface area contributed by atoms with Crippen LogP contribution in [-0.4, -0.2) is 26.9 Å². The molecule has 3 rings (SSSR count). The molecule has 100 valence electrons. The lowest BCUT2D eigenvalue weighted by atomic mass is 10.2. The second kappa shape index (κ2) is 5.13. The van der Waals surface area contributed by atoms with Crippen molar-refractivity contribution in [2.45, 2.75) is 6.92 Å². The number of methoxy groups -OCH3 is 1. The number of pyridine rings is 1. The summed E-state index contributed by atoms with van der Waals surface area (Å²) in [5.74, 6) is 1.33. The first-order chi connectivity index (χ1) is 9.78. The fraction of sp³-hybridized carbons (Fsp3) is 0.133. The minimum atomic E-state index is 0.579. The molecule has 5 heteroatoms. The molecule has 0 unspecified atom stereocenters. The van der Waals surface area contributed by atoms with Crippen molar-refractivity contribution >= 4 is 0 Å². The summed E-state index contributed by atoms with van der Waals surface area (Å²) in [7, 11) is 1.59. The van der Waals surface area contributed by atoms with E-state index in [1.165, 1.54) is 5.56 Å². The van der Waals surface area contributed by atoms with E-state index in [2.05, 4.69) is 22.0 Å². The van der Waals surface area contributed by atoms with Crippen LogP contribution in [0.3, 0.4) is 0 Å². The lowest BCUT2D eigenvalue weighted by Crippen LogP contribution is -2.00. The molecule has 0 bridgehead atoms. The summed E-state index contributed by atoms with van der Waals surface area (Å²) >= 11 is 0. The number of aromatic nitrogens is 4. The van der Waals surface area contributed by atoms with Crippen molar-refractivity contribution in [1.29, 1.82) is 0 Å². The van der Waals surface area contributed by atoms with E-state index in [1.54, 1.807) is 24.3 Å². The molecule has 2 heterocycles. The van der Waals surface area contributed by atoms with Crippen LogP contribution in [0.2, 0.25) is 0 Å². The van der Waals surface area contributed by atoms with Gasteiger partial charge < -0.3 is 4.74 Å². The highest BCUT2D eigenvalue weighted by atomic mass is 16.5. The Labute approximate surface area is 116 Å². The van der Waals surface area contributed by atoms with Gasteiger partial charge in [-0.3, -0.25) is 0 Å². The molecule has 2 aromatic heterocycles. The molecule has 0 amide bonds. The molecule has 0 fully saturated rings. The van der Waals surface area contributed by atoms with Crippen LogP contribution < -0.4 is 4.74 Å². The van der Waals surface area contributed by atoms with Crippen molar-refractivity contribution < 1.29 is 4.74 Å². The van der Waals surface area contributed by atoms with Crippen LogP contribution >= 0.6 is 0 Å². The maximum atomic E-state index is 5.06. The number of hydrogen-bond acceptors (Lipinski definition) is 4. The number of rotatable bonds is 3. The Kier molecular flexibility index (Phi) is 3.16. The van der Waals surface area contributed by atoms with Gasteiger partial charge in [0.15, 0.2) is 5.82 Å². The molecular formula is C15H14N4O. The molecule has 1 aromatic carbocycles. The third kappa shape index (κ3) is 2.25. The Hall–Kier alpha value is -2.69. The second-order valence-corrected chi connectivity index (χ2v) is 4.42. The Morgan fingerprint density at radius 2 is 1.80 bits per heavy atom. The van der Waals surface area contributed by atoms with Crippen LogP contribution in [0.25, 0.3) is 17.1 Å². The standard InChI is InChI=1S/C15H14N4O/c1-11-3-6-13(7-4-11)19-15(17-10-18-19)12-5-8-14(20-2)16-9-12/h3-10H,1-2H3. The first-order valence-electron chi connectivity index (χ1n) is 6.25. The minimum absolute atomic E-state index is 0.579. The van der Waals surface area contributed by atoms with Gasteiger partial charge in [0, 0.05) is 17.8 Å². The summed E-state index contributed by atoms with van der Waals surface area (Å²) in [5, 5.41) is 4.28. The van der Waals surface area contributed by atoms with Gasteiger partial charge in [-0.1, -0.05) is 17.7 Å². The summed E-state index contributed by atoms with van der Waals surface area (Å²) in [5.41, 5.74) is 3.07. The lowest BCUT2D eigenvalue weighted by Gasteiger charge is -2.06. The van der Waals surface area contributed by atoms with E-state index in [0.29, 0.717) is 5.88 Å². The largest absolute Gasteiger partial charge is 0.481 e. The summed E-state index contributed by atoms with van der Waals surface area (Å²) < 4.78 is 6.86. The summed E-state index contributed by atoms with van der Waals surface area (Å²) in [6.07, 6.45) is 3.27. The molecule has 3 aromatic rings. The molecule has 0 saturated heterocycles. The first-order valence-corrected chi connectivity index (χ1v) is 6.25. The monoisotopic (exact) mass is 266 g/mol. The Morgan fingerprint density at radius 3 is 2.45 bits per heavy atom. The van der Waals surface area contributed by atoms with E-state index in [0.717, 1.165) is 17.1 Å². The molecule has 0 aliphatic carbocycles. The van der Waals surface area contributed by atoms with Gasteiger partial charge in [0.2, 0.25) is 5.88 Å². The van der Waals surface area contributed by atoms with E-state index in [4.69, 9.17) is 4.74 Å². The van der Waals surface area contributed by atoms with Crippen molar-refractivity contribution in [3.05, 3.63) is 54.5 Å². The fourth-order valence-electron chi connectivity index (χ4n) is 1.95. The highest BCUT2D eigenvalue weighted by molar-refractivity contribution is 5.57. The zero-order chi connectivity index (χ0) is 13.9. The van der Waals surface area contributed by atoms with E-state index in [-0.39, 0.29) is 0 Å². The third-order valence-corrected chi connectivity index (χ3v) is 3.03. The normalized spacial score (nSPS) is 10.5. The highest BCUT2D eigenvalue weighted by Crippen LogP contribution is 2.21. The van der Waals surface area contributed by atoms with Crippen LogP contribution in [-0.2, 0) is 0 Å². The molecule has 0 saturated carbocycles. The zero-order valence-electron chi connectivity index (χ0n) is 11.3. The average Bonchev–Trinajstić information content (AvgIpc) is 2.97. The van der Waals surface area contributed by atoms with E-state index < -0.39 is 0 Å². The molecule has 0 aliphatic heterocycles. The summed E-state index contributed by atoms with van der Waals surface area (Å²) in [4.78, 5) is 8.51. The predicted octanol–water partition coefficient (Wildman–Crippen LogP) is 2.65. The number of aryl methyl sites for hydroxylation is 1. The highest BCUT2D eigenvalue weighted by Gasteiger charge is 2.09. The van der Waals surface area contributed by atoms with Gasteiger partial charge in [-0.05, 0) is 25.1 Å². The van der Waals surface area contributed by atoms with Crippen LogP contribution in [0.15, 0.2) is 48.9 Å². The molecule has 0 radical (unpaired) electrons. The predicted molar refractivity (Wildman–Crippen MR) is 75.9 cm³/mol. The quantitative estimate of drug-likeness (QED) is 0.731. The Bertz CT molecular complexity index is 701. The van der Waals surface area contributed by atoms with Crippen molar-refractivity contribution in [2.24, 2.45) is 0 Å². The van der Waals surface area contributed by atoms with Crippen LogP contribution in [0.4, 0.5) is 0 Å². The SMILES string of the molecule is COc1ccc(-c2ncnn2-c2ccc(C)cc2)cn1. The van der Waals surface area contributed by atoms with Gasteiger partial charge in [0.05, 0.1) is 12.8 Å². The summed E-state index contributed by atoms with van der Waals surface area (Å²) in [6, 6.07) is 11.9. The van der Waals surface area contributed by atoms with Crippen molar-refractivity contribution in [1.82, 2.24) is 19.7 Å². The Balaban J connectivity index is 2.02. The summed E-state index contributed by atoms with van der Waals surface area (Å²) in [6.45, 7) is 2.05. The number of nitrogens with zero attached hydrogens (tertiary/aromatic N) is 4. The van der Waals surface area contributed by atoms with Crippen molar-refractivity contribution in [2.75, 3.05) is 7.11 Å². The molecule has 20 heavy (non-hydrogen) atoms. The minimum Gasteiger partial charge on any atom is -0.481 e.